The van der Waals surface area contributed by atoms with E-state index in [9.17, 15) is 0 Å². The molecule has 68 valence electrons. The molecule has 0 aliphatic heterocycles. The Bertz CT molecular complexity index is 208. The van der Waals surface area contributed by atoms with E-state index in [1.165, 1.54) is 11.1 Å². The average Bonchev–Trinajstić information content (AvgIpc) is 1.97. The first-order valence-corrected chi connectivity index (χ1v) is 5.10. The molecule has 0 radical (unpaired) electrons. The van der Waals surface area contributed by atoms with Gasteiger partial charge in [0.15, 0.2) is 0 Å². The standard InChI is InChI=1S/C10H16IN/c1-9(2)7-10(8-11)5-6-12(3)4/h5-8H,1-4H3/b6-5-,10-8-. The van der Waals surface area contributed by atoms with Crippen LogP contribution in [0, 0.1) is 0 Å². The normalized spacial score (nSPS) is 11.9. The summed E-state index contributed by atoms with van der Waals surface area (Å²) >= 11 is 2.25. The highest BCUT2D eigenvalue weighted by Gasteiger charge is 1.85. The van der Waals surface area contributed by atoms with E-state index in [1.807, 2.05) is 25.2 Å². The average molecular weight is 277 g/mol. The number of nitrogens with zero attached hydrogens (tertiary/aromatic N) is 1. The third kappa shape index (κ3) is 6.46. The fourth-order valence-corrected chi connectivity index (χ4v) is 1.07. The molecule has 0 heterocycles. The first kappa shape index (κ1) is 11.8. The molecule has 12 heavy (non-hydrogen) atoms. The van der Waals surface area contributed by atoms with E-state index in [4.69, 9.17) is 0 Å². The van der Waals surface area contributed by atoms with Crippen molar-refractivity contribution in [3.8, 4) is 0 Å². The first-order valence-electron chi connectivity index (χ1n) is 3.86. The van der Waals surface area contributed by atoms with Crippen LogP contribution >= 0.6 is 22.6 Å². The predicted molar refractivity (Wildman–Crippen MR) is 64.4 cm³/mol. The van der Waals surface area contributed by atoms with Gasteiger partial charge in [0.25, 0.3) is 0 Å². The molecule has 0 unspecified atom stereocenters. The van der Waals surface area contributed by atoms with E-state index in [0.29, 0.717) is 0 Å². The quantitative estimate of drug-likeness (QED) is 0.565. The van der Waals surface area contributed by atoms with Gasteiger partial charge in [-0.2, -0.15) is 0 Å². The summed E-state index contributed by atoms with van der Waals surface area (Å²) in [6.07, 6.45) is 6.30. The van der Waals surface area contributed by atoms with Crippen molar-refractivity contribution in [1.29, 1.82) is 0 Å². The molecule has 0 amide bonds. The molecular weight excluding hydrogens is 261 g/mol. The summed E-state index contributed by atoms with van der Waals surface area (Å²) in [5.41, 5.74) is 2.56. The third-order valence-corrected chi connectivity index (χ3v) is 1.87. The zero-order valence-electron chi connectivity index (χ0n) is 8.13. The van der Waals surface area contributed by atoms with E-state index < -0.39 is 0 Å². The predicted octanol–water partition coefficient (Wildman–Crippen LogP) is 3.35. The summed E-state index contributed by atoms with van der Waals surface area (Å²) in [4.78, 5) is 2.03. The summed E-state index contributed by atoms with van der Waals surface area (Å²) in [5.74, 6) is 0. The highest BCUT2D eigenvalue weighted by molar-refractivity contribution is 14.1. The molecule has 0 atom stereocenters. The zero-order chi connectivity index (χ0) is 9.56. The molecule has 0 aliphatic rings. The first-order chi connectivity index (χ1) is 5.56. The molecule has 0 rings (SSSR count). The van der Waals surface area contributed by atoms with Gasteiger partial charge in [-0.1, -0.05) is 34.2 Å². The Hall–Kier alpha value is -0.250. The van der Waals surface area contributed by atoms with E-state index >= 15 is 0 Å². The molecule has 0 spiro atoms. The molecule has 0 bridgehead atoms. The van der Waals surface area contributed by atoms with Gasteiger partial charge in [-0.05, 0) is 35.8 Å². The van der Waals surface area contributed by atoms with Gasteiger partial charge in [0.1, 0.15) is 0 Å². The molecule has 0 aromatic carbocycles. The van der Waals surface area contributed by atoms with Crippen molar-refractivity contribution >= 4 is 22.6 Å². The minimum absolute atomic E-state index is 1.24. The van der Waals surface area contributed by atoms with Crippen molar-refractivity contribution in [2.24, 2.45) is 0 Å². The maximum Gasteiger partial charge on any atom is 0.00556 e. The van der Waals surface area contributed by atoms with E-state index in [1.54, 1.807) is 0 Å². The Balaban J connectivity index is 4.31. The molecule has 0 N–H and O–H groups in total. The monoisotopic (exact) mass is 277 g/mol. The molecule has 0 aromatic rings. The molecular formula is C10H16IN. The van der Waals surface area contributed by atoms with Crippen LogP contribution in [0.25, 0.3) is 0 Å². The number of rotatable bonds is 3. The third-order valence-electron chi connectivity index (χ3n) is 1.15. The summed E-state index contributed by atoms with van der Waals surface area (Å²) in [5, 5.41) is 0. The van der Waals surface area contributed by atoms with Crippen molar-refractivity contribution in [3.05, 3.63) is 33.6 Å². The largest absolute Gasteiger partial charge is 0.383 e. The van der Waals surface area contributed by atoms with Crippen LogP contribution in [0.15, 0.2) is 33.6 Å². The second-order valence-corrected chi connectivity index (χ2v) is 3.73. The van der Waals surface area contributed by atoms with Crippen LogP contribution in [0.5, 0.6) is 0 Å². The van der Waals surface area contributed by atoms with E-state index in [2.05, 4.69) is 52.7 Å². The fraction of sp³-hybridized carbons (Fsp3) is 0.400. The van der Waals surface area contributed by atoms with Crippen LogP contribution in [0.3, 0.4) is 0 Å². The lowest BCUT2D eigenvalue weighted by Gasteiger charge is -2.03. The van der Waals surface area contributed by atoms with Crippen molar-refractivity contribution in [2.75, 3.05) is 14.1 Å². The maximum atomic E-state index is 2.25. The van der Waals surface area contributed by atoms with Crippen LogP contribution in [0.2, 0.25) is 0 Å². The van der Waals surface area contributed by atoms with Gasteiger partial charge in [0.05, 0.1) is 0 Å². The molecule has 0 aliphatic carbocycles. The van der Waals surface area contributed by atoms with Crippen LogP contribution in [0.4, 0.5) is 0 Å². The van der Waals surface area contributed by atoms with Crippen molar-refractivity contribution in [3.63, 3.8) is 0 Å². The van der Waals surface area contributed by atoms with Crippen molar-refractivity contribution in [1.82, 2.24) is 4.90 Å². The van der Waals surface area contributed by atoms with Gasteiger partial charge < -0.3 is 4.90 Å². The highest BCUT2D eigenvalue weighted by atomic mass is 127. The number of halogens is 1. The summed E-state index contributed by atoms with van der Waals surface area (Å²) in [6, 6.07) is 0. The smallest absolute Gasteiger partial charge is 0.00556 e. The second-order valence-electron chi connectivity index (χ2n) is 3.11. The van der Waals surface area contributed by atoms with Crippen LogP contribution in [-0.4, -0.2) is 19.0 Å². The van der Waals surface area contributed by atoms with Gasteiger partial charge >= 0.3 is 0 Å². The summed E-state index contributed by atoms with van der Waals surface area (Å²) < 4.78 is 2.07. The van der Waals surface area contributed by atoms with Crippen molar-refractivity contribution < 1.29 is 0 Å². The lowest BCUT2D eigenvalue weighted by molar-refractivity contribution is 0.563. The fourth-order valence-electron chi connectivity index (χ4n) is 0.684. The highest BCUT2D eigenvalue weighted by Crippen LogP contribution is 2.06. The summed E-state index contributed by atoms with van der Waals surface area (Å²) in [6.45, 7) is 4.20. The Morgan fingerprint density at radius 1 is 1.25 bits per heavy atom. The molecule has 0 aromatic heterocycles. The number of allylic oxidation sites excluding steroid dienone is 4. The van der Waals surface area contributed by atoms with Gasteiger partial charge in [0.2, 0.25) is 0 Å². The van der Waals surface area contributed by atoms with Gasteiger partial charge in [-0.15, -0.1) is 0 Å². The molecule has 0 saturated heterocycles. The van der Waals surface area contributed by atoms with Gasteiger partial charge in [-0.25, -0.2) is 0 Å². The molecule has 0 saturated carbocycles. The maximum absolute atomic E-state index is 2.25. The van der Waals surface area contributed by atoms with Gasteiger partial charge in [-0.3, -0.25) is 0 Å². The number of hydrogen-bond donors (Lipinski definition) is 0. The number of hydrogen-bond acceptors (Lipinski definition) is 1. The van der Waals surface area contributed by atoms with E-state index in [-0.39, 0.29) is 0 Å². The Kier molecular flexibility index (Phi) is 6.16. The van der Waals surface area contributed by atoms with Crippen LogP contribution in [-0.2, 0) is 0 Å². The Morgan fingerprint density at radius 3 is 2.17 bits per heavy atom. The van der Waals surface area contributed by atoms with Gasteiger partial charge in [0, 0.05) is 14.1 Å². The minimum Gasteiger partial charge on any atom is -0.383 e. The van der Waals surface area contributed by atoms with Crippen molar-refractivity contribution in [2.45, 2.75) is 13.8 Å². The SMILES string of the molecule is CC(C)=CC(/C=C\N(C)C)=C\I. The van der Waals surface area contributed by atoms with E-state index in [0.717, 1.165) is 0 Å². The summed E-state index contributed by atoms with van der Waals surface area (Å²) in [7, 11) is 4.04. The topological polar surface area (TPSA) is 3.24 Å². The Morgan fingerprint density at radius 2 is 1.83 bits per heavy atom. The van der Waals surface area contributed by atoms with Crippen LogP contribution in [0.1, 0.15) is 13.8 Å². The minimum atomic E-state index is 1.24. The lowest BCUT2D eigenvalue weighted by atomic mass is 10.2. The van der Waals surface area contributed by atoms with Crippen LogP contribution < -0.4 is 0 Å². The zero-order valence-corrected chi connectivity index (χ0v) is 10.3. The lowest BCUT2D eigenvalue weighted by Crippen LogP contribution is -1.99. The Labute approximate surface area is 89.0 Å². The molecule has 2 heteroatoms. The molecule has 1 nitrogen and oxygen atoms in total. The second kappa shape index (κ2) is 6.29. The molecule has 0 fully saturated rings.